The fourth-order valence-electron chi connectivity index (χ4n) is 4.09. The average molecular weight is 550 g/mol. The van der Waals surface area contributed by atoms with Crippen LogP contribution in [-0.2, 0) is 16.1 Å². The van der Waals surface area contributed by atoms with Crippen LogP contribution in [0.3, 0.4) is 0 Å². The summed E-state index contributed by atoms with van der Waals surface area (Å²) in [4.78, 5) is 29.5. The lowest BCUT2D eigenvalue weighted by atomic mass is 9.82. The summed E-state index contributed by atoms with van der Waals surface area (Å²) in [7, 11) is 1.41. The molecule has 0 radical (unpaired) electrons. The van der Waals surface area contributed by atoms with Gasteiger partial charge in [0.05, 0.1) is 26.2 Å². The van der Waals surface area contributed by atoms with Gasteiger partial charge in [0, 0.05) is 17.0 Å². The smallest absolute Gasteiger partial charge is 0.308 e. The number of halogens is 2. The summed E-state index contributed by atoms with van der Waals surface area (Å²) in [5.74, 6) is 6.21. The molecule has 37 heavy (non-hydrogen) atoms. The molecule has 1 heterocycles. The molecule has 0 atom stereocenters. The van der Waals surface area contributed by atoms with Gasteiger partial charge in [-0.05, 0) is 87.2 Å². The van der Waals surface area contributed by atoms with Gasteiger partial charge in [-0.1, -0.05) is 17.5 Å². The van der Waals surface area contributed by atoms with Crippen LogP contribution in [0.25, 0.3) is 0 Å². The molecule has 1 aromatic heterocycles. The molecule has 1 aliphatic carbocycles. The number of aliphatic hydroxyl groups is 1. The van der Waals surface area contributed by atoms with Crippen LogP contribution in [0.1, 0.15) is 55.7 Å². The first-order chi connectivity index (χ1) is 17.6. The van der Waals surface area contributed by atoms with E-state index in [2.05, 4.69) is 22.1 Å². The topological polar surface area (TPSA) is 103 Å². The Hall–Kier alpha value is -2.73. The zero-order chi connectivity index (χ0) is 27.0. The van der Waals surface area contributed by atoms with Crippen LogP contribution in [0.4, 0.5) is 0 Å². The summed E-state index contributed by atoms with van der Waals surface area (Å²) in [5, 5.41) is 13.3. The minimum Gasteiger partial charge on any atom is -0.492 e. The zero-order valence-corrected chi connectivity index (χ0v) is 22.9. The van der Waals surface area contributed by atoms with Gasteiger partial charge >= 0.3 is 5.97 Å². The Balaban J connectivity index is 1.73. The summed E-state index contributed by atoms with van der Waals surface area (Å²) in [5.41, 5.74) is -0.181. The van der Waals surface area contributed by atoms with Gasteiger partial charge in [-0.3, -0.25) is 9.59 Å². The number of benzene rings is 1. The first kappa shape index (κ1) is 28.8. The summed E-state index contributed by atoms with van der Waals surface area (Å²) in [6.07, 6.45) is 3.14. The van der Waals surface area contributed by atoms with E-state index in [0.29, 0.717) is 17.3 Å². The third kappa shape index (κ3) is 8.13. The Morgan fingerprint density at radius 3 is 2.49 bits per heavy atom. The van der Waals surface area contributed by atoms with Gasteiger partial charge in [-0.25, -0.2) is 4.98 Å². The molecule has 8 nitrogen and oxygen atoms in total. The van der Waals surface area contributed by atoms with Gasteiger partial charge in [0.2, 0.25) is 5.28 Å². The largest absolute Gasteiger partial charge is 0.492 e. The lowest BCUT2D eigenvalue weighted by Crippen LogP contribution is -2.34. The van der Waals surface area contributed by atoms with Crippen molar-refractivity contribution in [2.24, 2.45) is 17.3 Å². The van der Waals surface area contributed by atoms with Crippen molar-refractivity contribution in [1.29, 1.82) is 0 Å². The van der Waals surface area contributed by atoms with Crippen molar-refractivity contribution >= 4 is 35.1 Å². The van der Waals surface area contributed by atoms with Crippen LogP contribution < -0.4 is 10.1 Å². The van der Waals surface area contributed by atoms with Crippen molar-refractivity contribution in [3.8, 4) is 17.6 Å². The Labute approximate surface area is 227 Å². The highest BCUT2D eigenvalue weighted by atomic mass is 35.5. The molecule has 1 fully saturated rings. The molecule has 2 N–H and O–H groups in total. The number of hydrogen-bond acceptors (Lipinski definition) is 6. The second kappa shape index (κ2) is 13.2. The van der Waals surface area contributed by atoms with Crippen LogP contribution >= 0.6 is 23.2 Å². The molecule has 1 aromatic carbocycles. The molecule has 0 unspecified atom stereocenters. The van der Waals surface area contributed by atoms with Crippen molar-refractivity contribution in [3.63, 3.8) is 0 Å². The molecule has 2 aromatic rings. The molecule has 10 heteroatoms. The van der Waals surface area contributed by atoms with Gasteiger partial charge in [0.25, 0.3) is 5.91 Å². The number of ether oxygens (including phenoxy) is 2. The maximum Gasteiger partial charge on any atom is 0.308 e. The van der Waals surface area contributed by atoms with Gasteiger partial charge in [-0.2, -0.15) is 0 Å². The van der Waals surface area contributed by atoms with E-state index in [1.54, 1.807) is 42.7 Å². The highest BCUT2D eigenvalue weighted by Crippen LogP contribution is 2.29. The number of imidazole rings is 1. The van der Waals surface area contributed by atoms with E-state index in [0.717, 1.165) is 25.7 Å². The summed E-state index contributed by atoms with van der Waals surface area (Å²) < 4.78 is 12.2. The van der Waals surface area contributed by atoms with Crippen LogP contribution in [0.2, 0.25) is 10.3 Å². The maximum absolute atomic E-state index is 13.3. The second-order valence-corrected chi connectivity index (χ2v) is 10.5. The Morgan fingerprint density at radius 1 is 1.19 bits per heavy atom. The van der Waals surface area contributed by atoms with E-state index in [1.165, 1.54) is 7.11 Å². The highest BCUT2D eigenvalue weighted by molar-refractivity contribution is 6.30. The second-order valence-electron chi connectivity index (χ2n) is 9.77. The van der Waals surface area contributed by atoms with Crippen molar-refractivity contribution in [2.75, 3.05) is 26.9 Å². The third-order valence-corrected chi connectivity index (χ3v) is 6.92. The minimum absolute atomic E-state index is 0.0745. The highest BCUT2D eigenvalue weighted by Gasteiger charge is 2.28. The van der Waals surface area contributed by atoms with Gasteiger partial charge in [0.15, 0.2) is 0 Å². The number of hydrogen-bond donors (Lipinski definition) is 2. The lowest BCUT2D eigenvalue weighted by Gasteiger charge is -2.27. The van der Waals surface area contributed by atoms with Crippen molar-refractivity contribution < 1.29 is 24.2 Å². The SMILES string of the molecule is COC(=O)[C@H]1CC[C@H](CNC(=O)c2c(C#CC(C)(C)CO)nc(Cl)n2CCOc2ccc(Cl)cc2)CC1. The van der Waals surface area contributed by atoms with Crippen LogP contribution in [-0.4, -0.2) is 53.4 Å². The quantitative estimate of drug-likeness (QED) is 0.356. The predicted molar refractivity (Wildman–Crippen MR) is 142 cm³/mol. The van der Waals surface area contributed by atoms with E-state index < -0.39 is 5.41 Å². The molecule has 0 aliphatic heterocycles. The Kier molecular flexibility index (Phi) is 10.3. The molecule has 200 valence electrons. The van der Waals surface area contributed by atoms with Crippen LogP contribution in [0, 0.1) is 29.1 Å². The summed E-state index contributed by atoms with van der Waals surface area (Å²) >= 11 is 12.4. The van der Waals surface area contributed by atoms with E-state index in [1.807, 2.05) is 0 Å². The number of esters is 1. The van der Waals surface area contributed by atoms with E-state index in [4.69, 9.17) is 32.7 Å². The number of amides is 1. The van der Waals surface area contributed by atoms with E-state index in [9.17, 15) is 14.7 Å². The number of carbonyl (C=O) groups is 2. The number of aromatic nitrogens is 2. The standard InChI is InChI=1S/C27H33Cl2N3O5/c1-27(2,17-33)13-12-22-23(24(34)30-16-18-4-6-19(7-5-18)25(35)36-3)32(26(29)31-22)14-15-37-21-10-8-20(28)9-11-21/h8-11,18-19,33H,4-7,14-17H2,1-3H3,(H,30,34)/t18-,19-. The molecule has 0 bridgehead atoms. The zero-order valence-electron chi connectivity index (χ0n) is 21.4. The first-order valence-electron chi connectivity index (χ1n) is 12.3. The summed E-state index contributed by atoms with van der Waals surface area (Å²) in [6.45, 7) is 4.42. The fourth-order valence-corrected chi connectivity index (χ4v) is 4.47. The molecular weight excluding hydrogens is 517 g/mol. The van der Waals surface area contributed by atoms with E-state index in [-0.39, 0.29) is 60.1 Å². The molecule has 1 saturated carbocycles. The lowest BCUT2D eigenvalue weighted by molar-refractivity contribution is -0.146. The Morgan fingerprint density at radius 2 is 1.86 bits per heavy atom. The summed E-state index contributed by atoms with van der Waals surface area (Å²) in [6, 6.07) is 6.98. The first-order valence-corrected chi connectivity index (χ1v) is 13.0. The maximum atomic E-state index is 13.3. The number of nitrogens with one attached hydrogen (secondary N) is 1. The van der Waals surface area contributed by atoms with Gasteiger partial charge in [-0.15, -0.1) is 0 Å². The van der Waals surface area contributed by atoms with Crippen molar-refractivity contribution in [3.05, 3.63) is 46.0 Å². The number of methoxy groups -OCH3 is 1. The monoisotopic (exact) mass is 549 g/mol. The Bertz CT molecular complexity index is 1140. The fraction of sp³-hybridized carbons (Fsp3) is 0.519. The van der Waals surface area contributed by atoms with Crippen molar-refractivity contribution in [2.45, 2.75) is 46.1 Å². The normalized spacial score (nSPS) is 17.5. The molecule has 0 saturated heterocycles. The average Bonchev–Trinajstić information content (AvgIpc) is 3.22. The number of carbonyl (C=O) groups excluding carboxylic acids is 2. The van der Waals surface area contributed by atoms with Gasteiger partial charge < -0.3 is 24.5 Å². The van der Waals surface area contributed by atoms with Crippen LogP contribution in [0.5, 0.6) is 5.75 Å². The van der Waals surface area contributed by atoms with Crippen molar-refractivity contribution in [1.82, 2.24) is 14.9 Å². The third-order valence-electron chi connectivity index (χ3n) is 6.38. The van der Waals surface area contributed by atoms with E-state index >= 15 is 0 Å². The predicted octanol–water partition coefficient (Wildman–Crippen LogP) is 4.35. The van der Waals surface area contributed by atoms with Gasteiger partial charge in [0.1, 0.15) is 23.7 Å². The number of nitrogens with zero attached hydrogens (tertiary/aromatic N) is 2. The number of rotatable bonds is 9. The molecular formula is C27H33Cl2N3O5. The van der Waals surface area contributed by atoms with Crippen LogP contribution in [0.15, 0.2) is 24.3 Å². The molecule has 1 amide bonds. The molecule has 1 aliphatic rings. The molecule has 0 spiro atoms. The molecule has 3 rings (SSSR count). The minimum atomic E-state index is -0.667. The number of aliphatic hydroxyl groups excluding tert-OH is 1.